The fraction of sp³-hybridized carbons (Fsp3) is 0.533. The number of hydrogen-bond donors (Lipinski definition) is 3. The Morgan fingerprint density at radius 1 is 1.11 bits per heavy atom. The van der Waals surface area contributed by atoms with Gasteiger partial charge in [-0.1, -0.05) is 29.3 Å². The molecule has 5 rings (SSSR count). The number of imidazole rings is 1. The van der Waals surface area contributed by atoms with Crippen LogP contribution in [0.1, 0.15) is 43.2 Å². The van der Waals surface area contributed by atoms with Gasteiger partial charge >= 0.3 is 12.2 Å². The Kier molecular flexibility index (Phi) is 10.6. The number of nitrogens with one attached hydrogen (secondary N) is 3. The number of ether oxygens (including phenoxy) is 1. The number of benzene rings is 2. The molecule has 0 spiro atoms. The van der Waals surface area contributed by atoms with Crippen molar-refractivity contribution in [3.63, 3.8) is 0 Å². The fourth-order valence-corrected chi connectivity index (χ4v) is 6.36. The van der Waals surface area contributed by atoms with E-state index in [2.05, 4.69) is 20.9 Å². The van der Waals surface area contributed by atoms with Gasteiger partial charge in [-0.3, -0.25) is 0 Å². The first-order valence-electron chi connectivity index (χ1n) is 15.0. The van der Waals surface area contributed by atoms with E-state index in [0.29, 0.717) is 35.0 Å². The number of carbonyl (C=O) groups excluding carboxylic acids is 1. The summed E-state index contributed by atoms with van der Waals surface area (Å²) in [4.78, 5) is 18.1. The molecule has 0 radical (unpaired) electrons. The van der Waals surface area contributed by atoms with Crippen LogP contribution in [0.3, 0.4) is 0 Å². The minimum Gasteiger partial charge on any atom is -0.487 e. The standard InChI is InChI=1S/C30H33Cl2F7N6O2/c1-44-22-11-23(47-14-24(33)34)17(13-40-19-5-3-18(4-6-19)30(37,38)39)10-21(22)42-27(44)43-26-20(31)7-2-16(25(26)32)12-41-28(46)45-9-8-29(35,36)15-45/h2,7,10-11,18-19,24,40H,3-6,8-9,12-15H2,1H3,(H,41,46)(H,42,43). The van der Waals surface area contributed by atoms with Crippen molar-refractivity contribution in [2.24, 2.45) is 13.0 Å². The van der Waals surface area contributed by atoms with Crippen LogP contribution in [0, 0.1) is 5.92 Å². The lowest BCUT2D eigenvalue weighted by Crippen LogP contribution is -2.39. The summed E-state index contributed by atoms with van der Waals surface area (Å²) in [6, 6.07) is 5.53. The number of likely N-dealkylation sites (tertiary alicyclic amines) is 1. The molecule has 8 nitrogen and oxygen atoms in total. The Morgan fingerprint density at radius 3 is 2.47 bits per heavy atom. The molecule has 1 aliphatic heterocycles. The van der Waals surface area contributed by atoms with Crippen molar-refractivity contribution in [1.82, 2.24) is 25.1 Å². The zero-order valence-corrected chi connectivity index (χ0v) is 26.7. The van der Waals surface area contributed by atoms with Gasteiger partial charge in [0.1, 0.15) is 12.4 Å². The summed E-state index contributed by atoms with van der Waals surface area (Å²) in [5.41, 5.74) is 2.21. The average molecular weight is 714 g/mol. The number of carbonyl (C=O) groups is 1. The lowest BCUT2D eigenvalue weighted by atomic mass is 9.85. The van der Waals surface area contributed by atoms with Crippen molar-refractivity contribution in [3.05, 3.63) is 45.4 Å². The highest BCUT2D eigenvalue weighted by molar-refractivity contribution is 6.39. The number of amides is 2. The first-order chi connectivity index (χ1) is 22.1. The van der Waals surface area contributed by atoms with Crippen molar-refractivity contribution in [3.8, 4) is 5.75 Å². The van der Waals surface area contributed by atoms with Gasteiger partial charge in [-0.05, 0) is 43.4 Å². The number of hydrogen-bond acceptors (Lipinski definition) is 5. The molecule has 2 heterocycles. The third kappa shape index (κ3) is 8.47. The predicted molar refractivity (Wildman–Crippen MR) is 164 cm³/mol. The van der Waals surface area contributed by atoms with Gasteiger partial charge in [-0.25, -0.2) is 27.3 Å². The molecule has 1 aromatic heterocycles. The van der Waals surface area contributed by atoms with E-state index in [1.54, 1.807) is 35.9 Å². The van der Waals surface area contributed by atoms with Crippen LogP contribution < -0.4 is 20.7 Å². The molecule has 2 aliphatic rings. The second kappa shape index (κ2) is 14.1. The number of aryl methyl sites for hydroxylation is 1. The van der Waals surface area contributed by atoms with Gasteiger partial charge in [-0.15, -0.1) is 0 Å². The molecule has 17 heteroatoms. The molecular formula is C30H33Cl2F7N6O2. The topological polar surface area (TPSA) is 83.5 Å². The van der Waals surface area contributed by atoms with Gasteiger partial charge in [0.15, 0.2) is 0 Å². The quantitative estimate of drug-likeness (QED) is 0.186. The molecule has 3 aromatic rings. The summed E-state index contributed by atoms with van der Waals surface area (Å²) in [5.74, 6) is -3.80. The van der Waals surface area contributed by atoms with Crippen LogP contribution in [-0.4, -0.2) is 64.7 Å². The van der Waals surface area contributed by atoms with Crippen molar-refractivity contribution in [2.75, 3.05) is 25.0 Å². The Morgan fingerprint density at radius 2 is 1.83 bits per heavy atom. The third-order valence-corrected chi connectivity index (χ3v) is 9.24. The second-order valence-electron chi connectivity index (χ2n) is 11.8. The van der Waals surface area contributed by atoms with E-state index in [-0.39, 0.29) is 65.9 Å². The van der Waals surface area contributed by atoms with Crippen molar-refractivity contribution < 1.29 is 40.3 Å². The molecule has 0 bridgehead atoms. The van der Waals surface area contributed by atoms with E-state index in [1.165, 1.54) is 0 Å². The minimum absolute atomic E-state index is 0.0141. The first-order valence-corrected chi connectivity index (χ1v) is 15.7. The monoisotopic (exact) mass is 712 g/mol. The van der Waals surface area contributed by atoms with Crippen LogP contribution in [0.5, 0.6) is 5.75 Å². The zero-order valence-electron chi connectivity index (χ0n) is 25.2. The molecule has 1 aliphatic carbocycles. The highest BCUT2D eigenvalue weighted by atomic mass is 35.5. The Bertz CT molecular complexity index is 1600. The highest BCUT2D eigenvalue weighted by Crippen LogP contribution is 2.39. The second-order valence-corrected chi connectivity index (χ2v) is 12.6. The Labute approximate surface area is 275 Å². The molecule has 2 fully saturated rings. The smallest absolute Gasteiger partial charge is 0.391 e. The molecule has 3 N–H and O–H groups in total. The fourth-order valence-electron chi connectivity index (χ4n) is 5.83. The lowest BCUT2D eigenvalue weighted by Gasteiger charge is -2.30. The molecule has 258 valence electrons. The maximum atomic E-state index is 13.5. The number of aromatic nitrogens is 2. The largest absolute Gasteiger partial charge is 0.487 e. The normalized spacial score (nSPS) is 19.9. The van der Waals surface area contributed by atoms with Gasteiger partial charge in [0.2, 0.25) is 5.95 Å². The molecular weight excluding hydrogens is 680 g/mol. The van der Waals surface area contributed by atoms with Crippen molar-refractivity contribution in [2.45, 2.75) is 69.8 Å². The van der Waals surface area contributed by atoms with Crippen LogP contribution in [0.15, 0.2) is 24.3 Å². The maximum Gasteiger partial charge on any atom is 0.391 e. The van der Waals surface area contributed by atoms with Crippen LogP contribution in [0.25, 0.3) is 11.0 Å². The van der Waals surface area contributed by atoms with Crippen LogP contribution in [0.4, 0.5) is 47.2 Å². The molecule has 1 saturated carbocycles. The van der Waals surface area contributed by atoms with Gasteiger partial charge in [0.05, 0.1) is 39.2 Å². The molecule has 0 atom stereocenters. The van der Waals surface area contributed by atoms with Gasteiger partial charge in [0, 0.05) is 50.8 Å². The number of halogens is 9. The van der Waals surface area contributed by atoms with E-state index < -0.39 is 50.0 Å². The predicted octanol–water partition coefficient (Wildman–Crippen LogP) is 8.03. The Hall–Kier alpha value is -3.17. The number of rotatable bonds is 10. The van der Waals surface area contributed by atoms with E-state index in [0.717, 1.165) is 4.90 Å². The number of fused-ring (bicyclic) bond motifs is 1. The number of alkyl halides is 7. The number of urea groups is 1. The molecule has 2 aromatic carbocycles. The molecule has 47 heavy (non-hydrogen) atoms. The lowest BCUT2D eigenvalue weighted by molar-refractivity contribution is -0.182. The zero-order chi connectivity index (χ0) is 34.1. The van der Waals surface area contributed by atoms with Crippen molar-refractivity contribution in [1.29, 1.82) is 0 Å². The van der Waals surface area contributed by atoms with Gasteiger partial charge in [-0.2, -0.15) is 13.2 Å². The first kappa shape index (κ1) is 35.1. The summed E-state index contributed by atoms with van der Waals surface area (Å²) >= 11 is 13.1. The van der Waals surface area contributed by atoms with Crippen LogP contribution >= 0.6 is 23.2 Å². The van der Waals surface area contributed by atoms with Gasteiger partial charge in [0.25, 0.3) is 12.3 Å². The highest BCUT2D eigenvalue weighted by Gasteiger charge is 2.42. The SMILES string of the molecule is Cn1c(Nc2c(Cl)ccc(CNC(=O)N3CCC(F)(F)C3)c2Cl)nc2cc(CNC3CCC(C(F)(F)F)CC3)c(OCC(F)F)cc21. The minimum atomic E-state index is -4.22. The summed E-state index contributed by atoms with van der Waals surface area (Å²) < 4.78 is 99.5. The average Bonchev–Trinajstić information content (AvgIpc) is 3.53. The van der Waals surface area contributed by atoms with Crippen LogP contribution in [0.2, 0.25) is 10.0 Å². The van der Waals surface area contributed by atoms with E-state index in [1.807, 2.05) is 0 Å². The third-order valence-electron chi connectivity index (χ3n) is 8.49. The van der Waals surface area contributed by atoms with E-state index in [4.69, 9.17) is 27.9 Å². The van der Waals surface area contributed by atoms with E-state index >= 15 is 0 Å². The number of anilines is 2. The summed E-state index contributed by atoms with van der Waals surface area (Å²) in [7, 11) is 1.67. The molecule has 2 amide bonds. The number of nitrogens with zero attached hydrogens (tertiary/aromatic N) is 3. The maximum absolute atomic E-state index is 13.5. The molecule has 0 unspecified atom stereocenters. The summed E-state index contributed by atoms with van der Waals surface area (Å²) in [6.07, 6.45) is -6.67. The van der Waals surface area contributed by atoms with Gasteiger partial charge < -0.3 is 30.2 Å². The van der Waals surface area contributed by atoms with Crippen molar-refractivity contribution >= 4 is 51.9 Å². The van der Waals surface area contributed by atoms with Crippen LogP contribution in [-0.2, 0) is 20.1 Å². The molecule has 1 saturated heterocycles. The summed E-state index contributed by atoms with van der Waals surface area (Å²) in [5, 5.41) is 9.29. The Balaban J connectivity index is 1.33. The van der Waals surface area contributed by atoms with E-state index in [9.17, 15) is 35.5 Å². The summed E-state index contributed by atoms with van der Waals surface area (Å²) in [6.45, 7) is -1.49.